The Morgan fingerprint density at radius 2 is 1.85 bits per heavy atom. The van der Waals surface area contributed by atoms with E-state index in [2.05, 4.69) is 10.3 Å². The van der Waals surface area contributed by atoms with Gasteiger partial charge in [-0.3, -0.25) is 9.79 Å². The minimum Gasteiger partial charge on any atom is -0.323 e. The third-order valence-corrected chi connectivity index (χ3v) is 3.63. The topological polar surface area (TPSA) is 41.5 Å². The predicted octanol–water partition coefficient (Wildman–Crippen LogP) is 3.44. The zero-order valence-electron chi connectivity index (χ0n) is 11.0. The van der Waals surface area contributed by atoms with Crippen molar-refractivity contribution in [2.75, 3.05) is 11.9 Å². The van der Waals surface area contributed by atoms with Crippen LogP contribution in [0.4, 0.5) is 5.69 Å². The SMILES string of the molecule is Cc1ccccc1C1=NCC(=O)Nc2c(Cl)cccc21. The normalized spacial score (nSPS) is 14.1. The first-order valence-electron chi connectivity index (χ1n) is 6.36. The number of rotatable bonds is 1. The second kappa shape index (κ2) is 5.10. The van der Waals surface area contributed by atoms with E-state index in [0.29, 0.717) is 10.7 Å². The summed E-state index contributed by atoms with van der Waals surface area (Å²) >= 11 is 6.20. The van der Waals surface area contributed by atoms with Crippen LogP contribution in [0, 0.1) is 6.92 Å². The first kappa shape index (κ1) is 12.9. The van der Waals surface area contributed by atoms with Crippen molar-refractivity contribution in [1.82, 2.24) is 0 Å². The molecule has 1 N–H and O–H groups in total. The lowest BCUT2D eigenvalue weighted by molar-refractivity contribution is -0.114. The number of nitrogens with zero attached hydrogens (tertiary/aromatic N) is 1. The van der Waals surface area contributed by atoms with Crippen LogP contribution in [-0.4, -0.2) is 18.2 Å². The number of aryl methyl sites for hydroxylation is 1. The lowest BCUT2D eigenvalue weighted by Gasteiger charge is -2.12. The Bertz CT molecular complexity index is 722. The van der Waals surface area contributed by atoms with Crippen molar-refractivity contribution < 1.29 is 4.79 Å². The summed E-state index contributed by atoms with van der Waals surface area (Å²) in [6.07, 6.45) is 0. The zero-order chi connectivity index (χ0) is 14.1. The van der Waals surface area contributed by atoms with E-state index in [1.807, 2.05) is 43.3 Å². The van der Waals surface area contributed by atoms with Crippen LogP contribution in [0.2, 0.25) is 5.02 Å². The number of aliphatic imine (C=N–C) groups is 1. The molecule has 2 aromatic rings. The van der Waals surface area contributed by atoms with E-state index in [9.17, 15) is 4.79 Å². The molecule has 0 atom stereocenters. The zero-order valence-corrected chi connectivity index (χ0v) is 11.7. The van der Waals surface area contributed by atoms with Gasteiger partial charge in [-0.2, -0.15) is 0 Å². The second-order valence-electron chi connectivity index (χ2n) is 4.69. The summed E-state index contributed by atoms with van der Waals surface area (Å²) in [6.45, 7) is 2.14. The number of nitrogens with one attached hydrogen (secondary N) is 1. The number of benzodiazepines with no additional fused rings is 1. The summed E-state index contributed by atoms with van der Waals surface area (Å²) in [5.74, 6) is -0.150. The Labute approximate surface area is 122 Å². The Hall–Kier alpha value is -2.13. The Kier molecular flexibility index (Phi) is 3.28. The quantitative estimate of drug-likeness (QED) is 0.856. The van der Waals surface area contributed by atoms with Crippen LogP contribution in [0.1, 0.15) is 16.7 Å². The standard InChI is InChI=1S/C16H13ClN2O/c1-10-5-2-3-6-11(10)15-12-7-4-8-13(17)16(12)19-14(20)9-18-15/h2-8H,9H2,1H3,(H,19,20). The highest BCUT2D eigenvalue weighted by molar-refractivity contribution is 6.35. The molecular formula is C16H13ClN2O. The van der Waals surface area contributed by atoms with E-state index in [-0.39, 0.29) is 12.5 Å². The van der Waals surface area contributed by atoms with Gasteiger partial charge in [-0.25, -0.2) is 0 Å². The van der Waals surface area contributed by atoms with E-state index >= 15 is 0 Å². The van der Waals surface area contributed by atoms with Gasteiger partial charge in [0.2, 0.25) is 5.91 Å². The number of halogens is 1. The number of amides is 1. The van der Waals surface area contributed by atoms with Gasteiger partial charge >= 0.3 is 0 Å². The van der Waals surface area contributed by atoms with Gasteiger partial charge in [0.1, 0.15) is 6.54 Å². The van der Waals surface area contributed by atoms with Crippen LogP contribution >= 0.6 is 11.6 Å². The molecule has 3 rings (SSSR count). The minimum atomic E-state index is -0.150. The highest BCUT2D eigenvalue weighted by Crippen LogP contribution is 2.30. The molecule has 1 amide bonds. The summed E-state index contributed by atoms with van der Waals surface area (Å²) in [5.41, 5.74) is 4.44. The van der Waals surface area contributed by atoms with Gasteiger partial charge in [0.05, 0.1) is 16.4 Å². The fraction of sp³-hybridized carbons (Fsp3) is 0.125. The molecule has 0 bridgehead atoms. The molecule has 0 saturated carbocycles. The molecule has 100 valence electrons. The fourth-order valence-electron chi connectivity index (χ4n) is 2.33. The van der Waals surface area contributed by atoms with Crippen molar-refractivity contribution >= 4 is 28.9 Å². The monoisotopic (exact) mass is 284 g/mol. The van der Waals surface area contributed by atoms with Crippen LogP contribution in [0.5, 0.6) is 0 Å². The minimum absolute atomic E-state index is 0.106. The number of anilines is 1. The third kappa shape index (κ3) is 2.21. The van der Waals surface area contributed by atoms with Gasteiger partial charge in [-0.05, 0) is 18.6 Å². The molecule has 20 heavy (non-hydrogen) atoms. The molecule has 0 unspecified atom stereocenters. The fourth-order valence-corrected chi connectivity index (χ4v) is 2.55. The number of benzene rings is 2. The molecule has 1 aliphatic rings. The molecule has 4 heteroatoms. The summed E-state index contributed by atoms with van der Waals surface area (Å²) in [4.78, 5) is 16.2. The number of carbonyl (C=O) groups is 1. The van der Waals surface area contributed by atoms with Gasteiger partial charge in [-0.1, -0.05) is 48.0 Å². The van der Waals surface area contributed by atoms with Gasteiger partial charge in [-0.15, -0.1) is 0 Å². The van der Waals surface area contributed by atoms with Crippen LogP contribution in [-0.2, 0) is 4.79 Å². The van der Waals surface area contributed by atoms with E-state index in [0.717, 1.165) is 22.4 Å². The average molecular weight is 285 g/mol. The molecule has 1 heterocycles. The molecule has 1 aliphatic heterocycles. The Morgan fingerprint density at radius 3 is 2.65 bits per heavy atom. The molecule has 0 aromatic heterocycles. The lowest BCUT2D eigenvalue weighted by atomic mass is 9.97. The number of carbonyl (C=O) groups excluding carboxylic acids is 1. The summed E-state index contributed by atoms with van der Waals surface area (Å²) < 4.78 is 0. The first-order chi connectivity index (χ1) is 9.66. The predicted molar refractivity (Wildman–Crippen MR) is 81.8 cm³/mol. The smallest absolute Gasteiger partial charge is 0.246 e. The van der Waals surface area contributed by atoms with Crippen molar-refractivity contribution in [3.8, 4) is 0 Å². The second-order valence-corrected chi connectivity index (χ2v) is 5.10. The van der Waals surface area contributed by atoms with Crippen molar-refractivity contribution in [2.24, 2.45) is 4.99 Å². The van der Waals surface area contributed by atoms with Crippen molar-refractivity contribution in [3.63, 3.8) is 0 Å². The third-order valence-electron chi connectivity index (χ3n) is 3.31. The van der Waals surface area contributed by atoms with Gasteiger partial charge in [0.25, 0.3) is 0 Å². The maximum absolute atomic E-state index is 11.8. The van der Waals surface area contributed by atoms with Gasteiger partial charge in [0, 0.05) is 11.1 Å². The molecule has 0 spiro atoms. The van der Waals surface area contributed by atoms with Gasteiger partial charge < -0.3 is 5.32 Å². The molecule has 0 radical (unpaired) electrons. The number of hydrogen-bond acceptors (Lipinski definition) is 2. The summed E-state index contributed by atoms with van der Waals surface area (Å²) in [6, 6.07) is 13.6. The van der Waals surface area contributed by atoms with E-state index in [1.54, 1.807) is 6.07 Å². The van der Waals surface area contributed by atoms with E-state index in [4.69, 9.17) is 11.6 Å². The van der Waals surface area contributed by atoms with Gasteiger partial charge in [0.15, 0.2) is 0 Å². The highest BCUT2D eigenvalue weighted by atomic mass is 35.5. The molecule has 0 saturated heterocycles. The number of hydrogen-bond donors (Lipinski definition) is 1. The van der Waals surface area contributed by atoms with Crippen LogP contribution in [0.15, 0.2) is 47.5 Å². The van der Waals surface area contributed by atoms with Crippen molar-refractivity contribution in [2.45, 2.75) is 6.92 Å². The molecule has 0 aliphatic carbocycles. The highest BCUT2D eigenvalue weighted by Gasteiger charge is 2.20. The molecular weight excluding hydrogens is 272 g/mol. The molecule has 3 nitrogen and oxygen atoms in total. The Balaban J connectivity index is 2.24. The van der Waals surface area contributed by atoms with E-state index < -0.39 is 0 Å². The lowest BCUT2D eigenvalue weighted by Crippen LogP contribution is -2.13. The van der Waals surface area contributed by atoms with Crippen molar-refractivity contribution in [1.29, 1.82) is 0 Å². The maximum atomic E-state index is 11.8. The molecule has 2 aromatic carbocycles. The average Bonchev–Trinajstić information content (AvgIpc) is 2.60. The number of para-hydroxylation sites is 1. The maximum Gasteiger partial charge on any atom is 0.246 e. The Morgan fingerprint density at radius 1 is 1.10 bits per heavy atom. The molecule has 0 fully saturated rings. The largest absolute Gasteiger partial charge is 0.323 e. The first-order valence-corrected chi connectivity index (χ1v) is 6.74. The summed E-state index contributed by atoms with van der Waals surface area (Å²) in [7, 11) is 0. The number of fused-ring (bicyclic) bond motifs is 1. The van der Waals surface area contributed by atoms with Crippen LogP contribution in [0.25, 0.3) is 0 Å². The summed E-state index contributed by atoms with van der Waals surface area (Å²) in [5, 5.41) is 3.35. The van der Waals surface area contributed by atoms with E-state index in [1.165, 1.54) is 0 Å². The van der Waals surface area contributed by atoms with Crippen LogP contribution in [0.3, 0.4) is 0 Å². The van der Waals surface area contributed by atoms with Crippen molar-refractivity contribution in [3.05, 3.63) is 64.2 Å². The van der Waals surface area contributed by atoms with Crippen LogP contribution < -0.4 is 5.32 Å².